The van der Waals surface area contributed by atoms with Gasteiger partial charge in [-0.3, -0.25) is 10.1 Å². The smallest absolute Gasteiger partial charge is 0.315 e. The fourth-order valence-corrected chi connectivity index (χ4v) is 3.60. The van der Waals surface area contributed by atoms with Crippen molar-refractivity contribution in [3.05, 3.63) is 51.0 Å². The number of nitro groups is 1. The molecule has 0 bridgehead atoms. The quantitative estimate of drug-likeness (QED) is 0.489. The molecule has 2 aromatic rings. The number of nitro benzene ring substituents is 1. The molecule has 2 N–H and O–H groups in total. The third-order valence-electron chi connectivity index (χ3n) is 2.90. The maximum Gasteiger partial charge on any atom is 0.315 e. The summed E-state index contributed by atoms with van der Waals surface area (Å²) in [7, 11) is -4.36. The molecular formula is C13H7ClN2O6S. The fraction of sp³-hybridized carbons (Fsp3) is 0. The molecule has 118 valence electrons. The van der Waals surface area contributed by atoms with Crippen molar-refractivity contribution in [2.24, 2.45) is 0 Å². The lowest BCUT2D eigenvalue weighted by atomic mass is 10.2. The third kappa shape index (κ3) is 2.90. The molecule has 0 spiro atoms. The van der Waals surface area contributed by atoms with Gasteiger partial charge < -0.3 is 10.2 Å². The van der Waals surface area contributed by atoms with Gasteiger partial charge in [0.1, 0.15) is 0 Å². The van der Waals surface area contributed by atoms with Crippen LogP contribution in [0.5, 0.6) is 11.5 Å². The second-order valence-corrected chi connectivity index (χ2v) is 6.65. The molecule has 8 nitrogen and oxygen atoms in total. The Labute approximate surface area is 134 Å². The minimum Gasteiger partial charge on any atom is -0.504 e. The van der Waals surface area contributed by atoms with Gasteiger partial charge in [-0.2, -0.15) is 5.26 Å². The summed E-state index contributed by atoms with van der Waals surface area (Å²) in [6.07, 6.45) is 0. The Hall–Kier alpha value is -2.83. The minimum absolute atomic E-state index is 0.0190. The molecule has 0 fully saturated rings. The number of halogens is 1. The van der Waals surface area contributed by atoms with Gasteiger partial charge >= 0.3 is 5.69 Å². The first-order chi connectivity index (χ1) is 10.7. The van der Waals surface area contributed by atoms with Crippen molar-refractivity contribution in [1.82, 2.24) is 0 Å². The van der Waals surface area contributed by atoms with Crippen LogP contribution in [-0.4, -0.2) is 23.6 Å². The van der Waals surface area contributed by atoms with Crippen molar-refractivity contribution in [3.63, 3.8) is 0 Å². The van der Waals surface area contributed by atoms with E-state index < -0.39 is 41.7 Å². The summed E-state index contributed by atoms with van der Waals surface area (Å²) in [4.78, 5) is 8.70. The van der Waals surface area contributed by atoms with Gasteiger partial charge in [0.2, 0.25) is 15.6 Å². The molecule has 10 heteroatoms. The average molecular weight is 355 g/mol. The second-order valence-electron chi connectivity index (χ2n) is 4.33. The Balaban J connectivity index is 2.76. The Bertz CT molecular complexity index is 965. The van der Waals surface area contributed by atoms with E-state index in [0.717, 1.165) is 6.07 Å². The molecule has 0 unspecified atom stereocenters. The largest absolute Gasteiger partial charge is 0.504 e. The van der Waals surface area contributed by atoms with E-state index in [1.54, 1.807) is 6.07 Å². The Kier molecular flexibility index (Phi) is 4.14. The van der Waals surface area contributed by atoms with Gasteiger partial charge in [-0.1, -0.05) is 11.6 Å². The summed E-state index contributed by atoms with van der Waals surface area (Å²) in [5, 5.41) is 38.4. The average Bonchev–Trinajstić information content (AvgIpc) is 2.49. The van der Waals surface area contributed by atoms with Crippen molar-refractivity contribution in [1.29, 1.82) is 5.26 Å². The van der Waals surface area contributed by atoms with Crippen LogP contribution in [0.3, 0.4) is 0 Å². The number of benzene rings is 2. The summed E-state index contributed by atoms with van der Waals surface area (Å²) in [6.45, 7) is 0. The van der Waals surface area contributed by atoms with Crippen LogP contribution in [-0.2, 0) is 9.84 Å². The lowest BCUT2D eigenvalue weighted by Crippen LogP contribution is -2.04. The van der Waals surface area contributed by atoms with Crippen molar-refractivity contribution in [2.45, 2.75) is 9.79 Å². The van der Waals surface area contributed by atoms with E-state index in [0.29, 0.717) is 12.1 Å². The molecule has 23 heavy (non-hydrogen) atoms. The summed E-state index contributed by atoms with van der Waals surface area (Å²) in [5.74, 6) is -2.02. The normalized spacial score (nSPS) is 11.0. The van der Waals surface area contributed by atoms with Gasteiger partial charge in [-0.05, 0) is 18.2 Å². The Morgan fingerprint density at radius 1 is 1.22 bits per heavy atom. The van der Waals surface area contributed by atoms with Crippen LogP contribution in [0.4, 0.5) is 5.69 Å². The van der Waals surface area contributed by atoms with E-state index in [-0.39, 0.29) is 10.6 Å². The van der Waals surface area contributed by atoms with Crippen molar-refractivity contribution < 1.29 is 23.6 Å². The molecule has 0 heterocycles. The molecule has 0 aliphatic rings. The molecule has 0 atom stereocenters. The molecule has 0 aliphatic carbocycles. The summed E-state index contributed by atoms with van der Waals surface area (Å²) < 4.78 is 25.1. The third-order valence-corrected chi connectivity index (χ3v) is 5.11. The van der Waals surface area contributed by atoms with Gasteiger partial charge in [0.25, 0.3) is 0 Å². The molecule has 0 aromatic heterocycles. The lowest BCUT2D eigenvalue weighted by Gasteiger charge is -2.08. The van der Waals surface area contributed by atoms with Crippen molar-refractivity contribution in [2.75, 3.05) is 0 Å². The van der Waals surface area contributed by atoms with Crippen molar-refractivity contribution in [3.8, 4) is 17.6 Å². The number of phenols is 2. The zero-order chi connectivity index (χ0) is 17.4. The Morgan fingerprint density at radius 2 is 1.87 bits per heavy atom. The van der Waals surface area contributed by atoms with Gasteiger partial charge in [-0.25, -0.2) is 8.42 Å². The highest BCUT2D eigenvalue weighted by Gasteiger charge is 2.28. The van der Waals surface area contributed by atoms with Crippen LogP contribution in [0.25, 0.3) is 0 Å². The van der Waals surface area contributed by atoms with Crippen LogP contribution < -0.4 is 0 Å². The molecule has 0 radical (unpaired) electrons. The van der Waals surface area contributed by atoms with E-state index in [4.69, 9.17) is 16.9 Å². The number of aromatic hydroxyl groups is 2. The molecule has 2 rings (SSSR count). The summed E-state index contributed by atoms with van der Waals surface area (Å²) in [5.41, 5.74) is -0.957. The molecule has 0 saturated heterocycles. The van der Waals surface area contributed by atoms with Gasteiger partial charge in [-0.15, -0.1) is 0 Å². The van der Waals surface area contributed by atoms with E-state index in [2.05, 4.69) is 0 Å². The zero-order valence-electron chi connectivity index (χ0n) is 11.1. The van der Waals surface area contributed by atoms with Gasteiger partial charge in [0.05, 0.1) is 31.4 Å². The highest BCUT2D eigenvalue weighted by Crippen LogP contribution is 2.39. The standard InChI is InChI=1S/C13H7ClN2O6S/c14-9-2-1-7(6-15)3-12(9)23(21,22)8-4-10(16(19)20)13(18)11(17)5-8/h1-5,17-18H. The number of nitrogens with zero attached hydrogens (tertiary/aromatic N) is 2. The number of hydrogen-bond acceptors (Lipinski definition) is 7. The number of sulfone groups is 1. The van der Waals surface area contributed by atoms with E-state index in [1.165, 1.54) is 12.1 Å². The van der Waals surface area contributed by atoms with Crippen LogP contribution >= 0.6 is 11.6 Å². The van der Waals surface area contributed by atoms with E-state index >= 15 is 0 Å². The number of rotatable bonds is 3. The number of phenolic OH excluding ortho intramolecular Hbond substituents is 2. The number of nitriles is 1. The molecular weight excluding hydrogens is 348 g/mol. The van der Waals surface area contributed by atoms with Crippen LogP contribution in [0.15, 0.2) is 40.1 Å². The fourth-order valence-electron chi connectivity index (χ4n) is 1.78. The first-order valence-corrected chi connectivity index (χ1v) is 7.69. The van der Waals surface area contributed by atoms with Crippen LogP contribution in [0.2, 0.25) is 5.02 Å². The highest BCUT2D eigenvalue weighted by atomic mass is 35.5. The first-order valence-electron chi connectivity index (χ1n) is 5.83. The van der Waals surface area contributed by atoms with Crippen LogP contribution in [0.1, 0.15) is 5.56 Å². The first kappa shape index (κ1) is 16.5. The molecule has 0 saturated carbocycles. The minimum atomic E-state index is -4.36. The van der Waals surface area contributed by atoms with E-state index in [1.807, 2.05) is 0 Å². The maximum atomic E-state index is 12.6. The second kappa shape index (κ2) is 5.75. The molecule has 2 aromatic carbocycles. The van der Waals surface area contributed by atoms with Gasteiger partial charge in [0.15, 0.2) is 5.75 Å². The summed E-state index contributed by atoms with van der Waals surface area (Å²) >= 11 is 5.83. The molecule has 0 aliphatic heterocycles. The lowest BCUT2D eigenvalue weighted by molar-refractivity contribution is -0.386. The van der Waals surface area contributed by atoms with Crippen molar-refractivity contribution >= 4 is 27.1 Å². The van der Waals surface area contributed by atoms with Crippen LogP contribution in [0, 0.1) is 21.4 Å². The molecule has 0 amide bonds. The topological polar surface area (TPSA) is 142 Å². The predicted octanol–water partition coefficient (Wildman–Crippen LogP) is 2.36. The zero-order valence-corrected chi connectivity index (χ0v) is 12.7. The Morgan fingerprint density at radius 3 is 2.43 bits per heavy atom. The highest BCUT2D eigenvalue weighted by molar-refractivity contribution is 7.91. The maximum absolute atomic E-state index is 12.6. The summed E-state index contributed by atoms with van der Waals surface area (Å²) in [6, 6.07) is 6.51. The SMILES string of the molecule is N#Cc1ccc(Cl)c(S(=O)(=O)c2cc(O)c(O)c([N+](=O)[O-])c2)c1. The van der Waals surface area contributed by atoms with Gasteiger partial charge in [0, 0.05) is 12.1 Å². The monoisotopic (exact) mass is 354 g/mol. The van der Waals surface area contributed by atoms with E-state index in [9.17, 15) is 28.7 Å². The predicted molar refractivity (Wildman–Crippen MR) is 78.0 cm³/mol. The number of hydrogen-bond donors (Lipinski definition) is 2.